The third-order valence-electron chi connectivity index (χ3n) is 4.69. The number of likely N-dealkylation sites (tertiary alicyclic amines) is 1. The minimum Gasteiger partial charge on any atom is -0.481 e. The molecule has 5 nitrogen and oxygen atoms in total. The molecule has 1 fully saturated rings. The van der Waals surface area contributed by atoms with Gasteiger partial charge in [0.05, 0.1) is 5.92 Å². The van der Waals surface area contributed by atoms with E-state index in [1.807, 2.05) is 6.92 Å². The Bertz CT molecular complexity index is 361. The number of nitrogens with one attached hydrogen (secondary N) is 1. The first-order valence-electron chi connectivity index (χ1n) is 8.01. The van der Waals surface area contributed by atoms with E-state index in [0.717, 1.165) is 0 Å². The van der Waals surface area contributed by atoms with Crippen LogP contribution in [-0.4, -0.2) is 41.1 Å². The van der Waals surface area contributed by atoms with Crippen LogP contribution >= 0.6 is 0 Å². The first kappa shape index (κ1) is 17.8. The predicted molar refractivity (Wildman–Crippen MR) is 83.1 cm³/mol. The molecule has 0 aromatic heterocycles. The lowest BCUT2D eigenvalue weighted by molar-refractivity contribution is -0.143. The van der Waals surface area contributed by atoms with Gasteiger partial charge in [-0.25, -0.2) is 4.79 Å². The van der Waals surface area contributed by atoms with Gasteiger partial charge >= 0.3 is 12.0 Å². The molecule has 2 N–H and O–H groups in total. The van der Waals surface area contributed by atoms with Crippen molar-refractivity contribution in [2.75, 3.05) is 13.1 Å². The molecule has 0 aromatic carbocycles. The number of carbonyl (C=O) groups excluding carboxylic acids is 1. The Kier molecular flexibility index (Phi) is 6.49. The van der Waals surface area contributed by atoms with Crippen LogP contribution in [0.1, 0.15) is 47.5 Å². The highest BCUT2D eigenvalue weighted by Crippen LogP contribution is 2.23. The summed E-state index contributed by atoms with van der Waals surface area (Å²) < 4.78 is 0. The Morgan fingerprint density at radius 2 is 1.81 bits per heavy atom. The SMILES string of the molecule is CC(C)C(CNC(=O)N1CCC(C(=O)O)CC1C)C(C)C. The highest BCUT2D eigenvalue weighted by atomic mass is 16.4. The lowest BCUT2D eigenvalue weighted by atomic mass is 9.85. The molecule has 0 bridgehead atoms. The molecule has 1 aliphatic rings. The summed E-state index contributed by atoms with van der Waals surface area (Å²) in [5, 5.41) is 12.1. The van der Waals surface area contributed by atoms with Crippen molar-refractivity contribution in [2.45, 2.75) is 53.5 Å². The Balaban J connectivity index is 2.51. The van der Waals surface area contributed by atoms with Gasteiger partial charge < -0.3 is 15.3 Å². The summed E-state index contributed by atoms with van der Waals surface area (Å²) in [5.74, 6) is 0.450. The maximum absolute atomic E-state index is 12.3. The number of piperidine rings is 1. The van der Waals surface area contributed by atoms with Crippen molar-refractivity contribution in [1.29, 1.82) is 0 Å². The van der Waals surface area contributed by atoms with E-state index < -0.39 is 5.97 Å². The number of aliphatic carboxylic acids is 1. The number of urea groups is 1. The second kappa shape index (κ2) is 7.66. The molecule has 0 radical (unpaired) electrons. The molecule has 0 spiro atoms. The molecule has 21 heavy (non-hydrogen) atoms. The van der Waals surface area contributed by atoms with Crippen molar-refractivity contribution in [3.05, 3.63) is 0 Å². The minimum atomic E-state index is -0.749. The fourth-order valence-electron chi connectivity index (χ4n) is 3.25. The Labute approximate surface area is 128 Å². The van der Waals surface area contributed by atoms with Gasteiger partial charge in [0, 0.05) is 19.1 Å². The monoisotopic (exact) mass is 298 g/mol. The third-order valence-corrected chi connectivity index (χ3v) is 4.69. The van der Waals surface area contributed by atoms with Crippen LogP contribution in [0.3, 0.4) is 0 Å². The molecule has 0 aromatic rings. The van der Waals surface area contributed by atoms with Gasteiger partial charge in [-0.2, -0.15) is 0 Å². The van der Waals surface area contributed by atoms with E-state index in [2.05, 4.69) is 33.0 Å². The summed E-state index contributed by atoms with van der Waals surface area (Å²) in [6.07, 6.45) is 1.09. The summed E-state index contributed by atoms with van der Waals surface area (Å²) in [6.45, 7) is 11.8. The zero-order valence-corrected chi connectivity index (χ0v) is 13.9. The third kappa shape index (κ3) is 4.90. The van der Waals surface area contributed by atoms with Crippen molar-refractivity contribution >= 4 is 12.0 Å². The van der Waals surface area contributed by atoms with Gasteiger partial charge in [-0.1, -0.05) is 27.7 Å². The summed E-state index contributed by atoms with van der Waals surface area (Å²) in [7, 11) is 0. The Morgan fingerprint density at radius 3 is 2.24 bits per heavy atom. The van der Waals surface area contributed by atoms with E-state index in [9.17, 15) is 9.59 Å². The van der Waals surface area contributed by atoms with Crippen molar-refractivity contribution in [3.8, 4) is 0 Å². The van der Waals surface area contributed by atoms with Gasteiger partial charge in [0.25, 0.3) is 0 Å². The number of carboxylic acid groups (broad SMARTS) is 1. The number of hydrogen-bond acceptors (Lipinski definition) is 2. The number of nitrogens with zero attached hydrogens (tertiary/aromatic N) is 1. The molecule has 2 atom stereocenters. The van der Waals surface area contributed by atoms with Crippen molar-refractivity contribution in [1.82, 2.24) is 10.2 Å². The van der Waals surface area contributed by atoms with E-state index in [0.29, 0.717) is 43.7 Å². The maximum atomic E-state index is 12.3. The summed E-state index contributed by atoms with van der Waals surface area (Å²) >= 11 is 0. The topological polar surface area (TPSA) is 69.6 Å². The van der Waals surface area contributed by atoms with Crippen LogP contribution in [0.15, 0.2) is 0 Å². The lowest BCUT2D eigenvalue weighted by Crippen LogP contribution is -2.51. The van der Waals surface area contributed by atoms with E-state index >= 15 is 0 Å². The van der Waals surface area contributed by atoms with Crippen molar-refractivity contribution in [2.24, 2.45) is 23.7 Å². The summed E-state index contributed by atoms with van der Waals surface area (Å²) in [4.78, 5) is 25.1. The Morgan fingerprint density at radius 1 is 1.24 bits per heavy atom. The largest absolute Gasteiger partial charge is 0.481 e. The average Bonchev–Trinajstić information content (AvgIpc) is 2.37. The average molecular weight is 298 g/mol. The standard InChI is InChI=1S/C16H30N2O3/c1-10(2)14(11(3)4)9-17-16(21)18-7-6-13(15(19)20)8-12(18)5/h10-14H,6-9H2,1-5H3,(H,17,21)(H,19,20). The maximum Gasteiger partial charge on any atom is 0.317 e. The van der Waals surface area contributed by atoms with E-state index in [1.165, 1.54) is 0 Å². The summed E-state index contributed by atoms with van der Waals surface area (Å²) in [5.41, 5.74) is 0. The fourth-order valence-corrected chi connectivity index (χ4v) is 3.25. The first-order valence-corrected chi connectivity index (χ1v) is 8.01. The molecule has 0 aliphatic carbocycles. The van der Waals surface area contributed by atoms with Gasteiger partial charge in [0.2, 0.25) is 0 Å². The van der Waals surface area contributed by atoms with Gasteiger partial charge in [-0.15, -0.1) is 0 Å². The van der Waals surface area contributed by atoms with Crippen LogP contribution in [-0.2, 0) is 4.79 Å². The molecule has 2 unspecified atom stereocenters. The normalized spacial score (nSPS) is 23.0. The fraction of sp³-hybridized carbons (Fsp3) is 0.875. The van der Waals surface area contributed by atoms with Crippen LogP contribution in [0.4, 0.5) is 4.79 Å². The van der Waals surface area contributed by atoms with Gasteiger partial charge in [-0.3, -0.25) is 4.79 Å². The smallest absolute Gasteiger partial charge is 0.317 e. The van der Waals surface area contributed by atoms with Crippen LogP contribution in [0.25, 0.3) is 0 Å². The van der Waals surface area contributed by atoms with Gasteiger partial charge in [0.1, 0.15) is 0 Å². The lowest BCUT2D eigenvalue weighted by Gasteiger charge is -2.37. The van der Waals surface area contributed by atoms with E-state index in [-0.39, 0.29) is 18.0 Å². The van der Waals surface area contributed by atoms with Crippen LogP contribution in [0.5, 0.6) is 0 Å². The van der Waals surface area contributed by atoms with Gasteiger partial charge in [0.15, 0.2) is 0 Å². The molecular weight excluding hydrogens is 268 g/mol. The predicted octanol–water partition coefficient (Wildman–Crippen LogP) is 2.81. The molecule has 1 heterocycles. The highest BCUT2D eigenvalue weighted by molar-refractivity contribution is 5.75. The zero-order valence-electron chi connectivity index (χ0n) is 13.9. The molecule has 1 saturated heterocycles. The van der Waals surface area contributed by atoms with Crippen LogP contribution < -0.4 is 5.32 Å². The number of hydrogen-bond donors (Lipinski definition) is 2. The minimum absolute atomic E-state index is 0.0172. The van der Waals surface area contributed by atoms with Crippen molar-refractivity contribution in [3.63, 3.8) is 0 Å². The van der Waals surface area contributed by atoms with Crippen molar-refractivity contribution < 1.29 is 14.7 Å². The summed E-state index contributed by atoms with van der Waals surface area (Å²) in [6, 6.07) is -0.0750. The number of amides is 2. The number of carbonyl (C=O) groups is 2. The molecule has 0 saturated carbocycles. The van der Waals surface area contributed by atoms with E-state index in [1.54, 1.807) is 4.90 Å². The second-order valence-electron chi connectivity index (χ2n) is 6.94. The molecular formula is C16H30N2O3. The zero-order chi connectivity index (χ0) is 16.2. The number of carboxylic acids is 1. The Hall–Kier alpha value is -1.26. The van der Waals surface area contributed by atoms with Crippen LogP contribution in [0, 0.1) is 23.7 Å². The highest BCUT2D eigenvalue weighted by Gasteiger charge is 2.32. The molecule has 2 amide bonds. The number of rotatable bonds is 5. The van der Waals surface area contributed by atoms with Gasteiger partial charge in [-0.05, 0) is 37.5 Å². The molecule has 1 aliphatic heterocycles. The second-order valence-corrected chi connectivity index (χ2v) is 6.94. The van der Waals surface area contributed by atoms with E-state index in [4.69, 9.17) is 5.11 Å². The van der Waals surface area contributed by atoms with Crippen LogP contribution in [0.2, 0.25) is 0 Å². The molecule has 1 rings (SSSR count). The quantitative estimate of drug-likeness (QED) is 0.820. The molecule has 122 valence electrons. The molecule has 5 heteroatoms. The first-order chi connectivity index (χ1) is 9.73.